The molecular weight excluding hydrogens is 495 g/mol. The minimum absolute atomic E-state index is 0.264. The van der Waals surface area contributed by atoms with Crippen LogP contribution in [0.1, 0.15) is 41.4 Å². The average molecular weight is 522 g/mol. The minimum Gasteiger partial charge on any atom is -0.406 e. The third-order valence-corrected chi connectivity index (χ3v) is 6.94. The van der Waals surface area contributed by atoms with E-state index in [1.54, 1.807) is 6.33 Å². The van der Waals surface area contributed by atoms with Gasteiger partial charge in [-0.3, -0.25) is 0 Å². The topological polar surface area (TPSA) is 79.3 Å². The van der Waals surface area contributed by atoms with Gasteiger partial charge in [-0.2, -0.15) is 0 Å². The molecule has 2 aromatic heterocycles. The zero-order valence-electron chi connectivity index (χ0n) is 20.6. The van der Waals surface area contributed by atoms with Crippen LogP contribution in [0, 0.1) is 0 Å². The van der Waals surface area contributed by atoms with Crippen molar-refractivity contribution in [3.8, 4) is 5.75 Å². The summed E-state index contributed by atoms with van der Waals surface area (Å²) in [5.74, 6) is 2.80. The zero-order valence-corrected chi connectivity index (χ0v) is 20.6. The number of rotatable bonds is 7. The van der Waals surface area contributed by atoms with Crippen molar-refractivity contribution in [2.75, 3.05) is 36.4 Å². The maximum absolute atomic E-state index is 12.4. The molecule has 1 saturated heterocycles. The highest BCUT2D eigenvalue weighted by atomic mass is 19.4. The molecular formula is C27H26F3N7O. The molecule has 0 atom stereocenters. The SMILES string of the molecule is C=C(Nc1ccc(OC(F)(F)F)cc1)N1CCN(c2ncnc3c2C=C(c2cnc(C4CC4)nc2)C3)CC1. The van der Waals surface area contributed by atoms with E-state index in [0.717, 1.165) is 53.5 Å². The summed E-state index contributed by atoms with van der Waals surface area (Å²) in [6, 6.07) is 5.60. The van der Waals surface area contributed by atoms with Crippen LogP contribution >= 0.6 is 0 Å². The molecule has 3 heterocycles. The van der Waals surface area contributed by atoms with Crippen LogP contribution in [0.2, 0.25) is 0 Å². The van der Waals surface area contributed by atoms with E-state index >= 15 is 0 Å². The number of nitrogens with zero attached hydrogens (tertiary/aromatic N) is 6. The first-order chi connectivity index (χ1) is 18.3. The molecule has 6 rings (SSSR count). The molecule has 38 heavy (non-hydrogen) atoms. The number of anilines is 2. The van der Waals surface area contributed by atoms with Crippen LogP contribution in [0.25, 0.3) is 11.6 Å². The Bertz CT molecular complexity index is 1360. The molecule has 3 aromatic rings. The molecule has 2 aliphatic carbocycles. The van der Waals surface area contributed by atoms with Gasteiger partial charge in [-0.25, -0.2) is 19.9 Å². The van der Waals surface area contributed by atoms with Gasteiger partial charge in [-0.1, -0.05) is 6.58 Å². The largest absolute Gasteiger partial charge is 0.573 e. The van der Waals surface area contributed by atoms with E-state index in [-0.39, 0.29) is 5.75 Å². The summed E-state index contributed by atoms with van der Waals surface area (Å²) in [5, 5.41) is 3.17. The fourth-order valence-corrected chi connectivity index (χ4v) is 4.78. The van der Waals surface area contributed by atoms with E-state index in [1.165, 1.54) is 37.1 Å². The van der Waals surface area contributed by atoms with E-state index < -0.39 is 6.36 Å². The molecule has 0 bridgehead atoms. The molecule has 1 saturated carbocycles. The highest BCUT2D eigenvalue weighted by molar-refractivity contribution is 5.90. The molecule has 2 fully saturated rings. The molecule has 0 spiro atoms. The van der Waals surface area contributed by atoms with Gasteiger partial charge >= 0.3 is 6.36 Å². The summed E-state index contributed by atoms with van der Waals surface area (Å²) in [4.78, 5) is 22.6. The van der Waals surface area contributed by atoms with Crippen LogP contribution in [0.4, 0.5) is 24.7 Å². The second kappa shape index (κ2) is 9.62. The van der Waals surface area contributed by atoms with Crippen molar-refractivity contribution < 1.29 is 17.9 Å². The van der Waals surface area contributed by atoms with Gasteiger partial charge in [0.05, 0.1) is 11.5 Å². The van der Waals surface area contributed by atoms with Crippen LogP contribution < -0.4 is 15.0 Å². The number of allylic oxidation sites excluding steroid dienone is 1. The van der Waals surface area contributed by atoms with E-state index in [4.69, 9.17) is 0 Å². The number of halogens is 3. The Kier molecular flexibility index (Phi) is 6.13. The number of hydrogen-bond donors (Lipinski definition) is 1. The Morgan fingerprint density at radius 2 is 1.68 bits per heavy atom. The van der Waals surface area contributed by atoms with E-state index in [1.807, 2.05) is 12.4 Å². The van der Waals surface area contributed by atoms with Crippen LogP contribution in [0.15, 0.2) is 55.4 Å². The number of ether oxygens (including phenoxy) is 1. The lowest BCUT2D eigenvalue weighted by Crippen LogP contribution is -2.47. The first kappa shape index (κ1) is 24.2. The second-order valence-corrected chi connectivity index (χ2v) is 9.63. The van der Waals surface area contributed by atoms with Crippen molar-refractivity contribution in [2.45, 2.75) is 31.5 Å². The number of alkyl halides is 3. The Labute approximate surface area is 217 Å². The molecule has 0 amide bonds. The number of nitrogens with one attached hydrogen (secondary N) is 1. The highest BCUT2D eigenvalue weighted by Gasteiger charge is 2.31. The summed E-state index contributed by atoms with van der Waals surface area (Å²) in [5.41, 5.74) is 4.84. The maximum Gasteiger partial charge on any atom is 0.573 e. The maximum atomic E-state index is 12.4. The van der Waals surface area contributed by atoms with E-state index in [0.29, 0.717) is 30.5 Å². The molecule has 3 aliphatic rings. The Morgan fingerprint density at radius 3 is 2.34 bits per heavy atom. The zero-order chi connectivity index (χ0) is 26.3. The Hall–Kier alpha value is -4.15. The number of hydrogen-bond acceptors (Lipinski definition) is 8. The minimum atomic E-state index is -4.71. The van der Waals surface area contributed by atoms with Crippen molar-refractivity contribution in [1.29, 1.82) is 0 Å². The predicted molar refractivity (Wildman–Crippen MR) is 137 cm³/mol. The first-order valence-electron chi connectivity index (χ1n) is 12.5. The Morgan fingerprint density at radius 1 is 0.974 bits per heavy atom. The van der Waals surface area contributed by atoms with Crippen LogP contribution in [-0.4, -0.2) is 57.4 Å². The first-order valence-corrected chi connectivity index (χ1v) is 12.5. The van der Waals surface area contributed by atoms with Gasteiger partial charge in [0.2, 0.25) is 0 Å². The highest BCUT2D eigenvalue weighted by Crippen LogP contribution is 2.39. The van der Waals surface area contributed by atoms with Crippen molar-refractivity contribution in [1.82, 2.24) is 24.8 Å². The second-order valence-electron chi connectivity index (χ2n) is 9.63. The number of fused-ring (bicyclic) bond motifs is 1. The van der Waals surface area contributed by atoms with Gasteiger partial charge in [0.15, 0.2) is 0 Å². The standard InChI is InChI=1S/C27H26F3N7O/c1-17(35-21-4-6-22(7-5-21)38-27(28,29)30)36-8-10-37(11-9-36)26-23-12-19(13-24(23)33-16-34-26)20-14-31-25(32-15-20)18-2-3-18/h4-7,12,14-16,18,35H,1-3,8-11,13H2. The molecule has 1 aliphatic heterocycles. The van der Waals surface area contributed by atoms with Crippen LogP contribution in [0.3, 0.4) is 0 Å². The van der Waals surface area contributed by atoms with Gasteiger partial charge in [0, 0.05) is 67.7 Å². The number of aromatic nitrogens is 4. The molecule has 196 valence electrons. The van der Waals surface area contributed by atoms with Gasteiger partial charge < -0.3 is 19.9 Å². The summed E-state index contributed by atoms with van der Waals surface area (Å²) in [6.07, 6.45) is 5.97. The lowest BCUT2D eigenvalue weighted by Gasteiger charge is -2.38. The summed E-state index contributed by atoms with van der Waals surface area (Å²) < 4.78 is 41.1. The molecule has 0 radical (unpaired) electrons. The predicted octanol–water partition coefficient (Wildman–Crippen LogP) is 4.84. The van der Waals surface area contributed by atoms with Crippen molar-refractivity contribution in [3.63, 3.8) is 0 Å². The molecule has 0 unspecified atom stereocenters. The molecule has 1 aromatic carbocycles. The van der Waals surface area contributed by atoms with Gasteiger partial charge in [0.25, 0.3) is 0 Å². The molecule has 8 nitrogen and oxygen atoms in total. The normalized spacial score (nSPS) is 17.2. The van der Waals surface area contributed by atoms with Crippen molar-refractivity contribution in [2.24, 2.45) is 0 Å². The quantitative estimate of drug-likeness (QED) is 0.473. The average Bonchev–Trinajstić information content (AvgIpc) is 3.67. The summed E-state index contributed by atoms with van der Waals surface area (Å²) in [6.45, 7) is 7.03. The fraction of sp³-hybridized carbons (Fsp3) is 0.333. The van der Waals surface area contributed by atoms with E-state index in [2.05, 4.69) is 52.4 Å². The third-order valence-electron chi connectivity index (χ3n) is 6.94. The lowest BCUT2D eigenvalue weighted by atomic mass is 10.1. The van der Waals surface area contributed by atoms with Crippen LogP contribution in [-0.2, 0) is 6.42 Å². The van der Waals surface area contributed by atoms with Crippen molar-refractivity contribution in [3.05, 3.63) is 78.0 Å². The van der Waals surface area contributed by atoms with Crippen molar-refractivity contribution >= 4 is 23.2 Å². The number of benzene rings is 1. The molecule has 1 N–H and O–H groups in total. The monoisotopic (exact) mass is 521 g/mol. The Balaban J connectivity index is 1.08. The van der Waals surface area contributed by atoms with E-state index in [9.17, 15) is 13.2 Å². The third kappa shape index (κ3) is 5.27. The van der Waals surface area contributed by atoms with Crippen LogP contribution in [0.5, 0.6) is 5.75 Å². The lowest BCUT2D eigenvalue weighted by molar-refractivity contribution is -0.274. The van der Waals surface area contributed by atoms with Gasteiger partial charge in [-0.15, -0.1) is 13.2 Å². The van der Waals surface area contributed by atoms with Gasteiger partial charge in [-0.05, 0) is 48.8 Å². The summed E-state index contributed by atoms with van der Waals surface area (Å²) in [7, 11) is 0. The summed E-state index contributed by atoms with van der Waals surface area (Å²) >= 11 is 0. The number of piperazine rings is 1. The van der Waals surface area contributed by atoms with Gasteiger partial charge in [0.1, 0.15) is 23.7 Å². The smallest absolute Gasteiger partial charge is 0.406 e. The molecule has 11 heteroatoms. The fourth-order valence-electron chi connectivity index (χ4n) is 4.78.